The second kappa shape index (κ2) is 20.7. The standard InChI is InChI=1S/C29H40N2O3.C24H32N2O.ClH/c1-20-23-16-17-31(28(32)34-29(2,3)4)25(23)14-15-27(20)33-19-21-12-13-24(26(18-21)30(5)6)22-10-8-7-9-11-22;1-17-20-13-14-25-22(20)11-12-24(17)27-16-18-9-10-21(23(15-18)26(2)3)19-7-5-4-6-8-19;/h12-15,18,22H,7-11,16-17,19H2,1-6H3;9-12,15,19,25H,4-8,13-14,16H2,1-3H3;1H. The Balaban J connectivity index is 0.000000209. The molecule has 62 heavy (non-hydrogen) atoms. The second-order valence-electron chi connectivity index (χ2n) is 19.3. The lowest BCUT2D eigenvalue weighted by Crippen LogP contribution is -2.35. The molecule has 0 radical (unpaired) electrons. The third-order valence-electron chi connectivity index (χ3n) is 13.3. The van der Waals surface area contributed by atoms with E-state index in [4.69, 9.17) is 14.2 Å². The highest BCUT2D eigenvalue weighted by molar-refractivity contribution is 5.91. The van der Waals surface area contributed by atoms with Crippen LogP contribution in [0.4, 0.5) is 27.5 Å². The first-order chi connectivity index (χ1) is 29.3. The van der Waals surface area contributed by atoms with Gasteiger partial charge in [0.1, 0.15) is 30.3 Å². The fraction of sp³-hybridized carbons (Fsp3) is 0.528. The minimum Gasteiger partial charge on any atom is -0.489 e. The van der Waals surface area contributed by atoms with Gasteiger partial charge in [-0.15, -0.1) is 12.4 Å². The number of ether oxygens (including phenoxy) is 3. The maximum atomic E-state index is 12.6. The van der Waals surface area contributed by atoms with Gasteiger partial charge in [0.15, 0.2) is 0 Å². The average Bonchev–Trinajstić information content (AvgIpc) is 3.92. The Morgan fingerprint density at radius 3 is 1.68 bits per heavy atom. The van der Waals surface area contributed by atoms with Crippen LogP contribution in [0, 0.1) is 13.8 Å². The molecule has 2 aliphatic heterocycles. The molecule has 9 heteroatoms. The quantitative estimate of drug-likeness (QED) is 0.170. The van der Waals surface area contributed by atoms with Crippen LogP contribution in [-0.4, -0.2) is 53.0 Å². The third-order valence-corrected chi connectivity index (χ3v) is 13.3. The van der Waals surface area contributed by atoms with Crippen molar-refractivity contribution in [1.82, 2.24) is 0 Å². The first-order valence-electron chi connectivity index (χ1n) is 23.1. The third kappa shape index (κ3) is 11.1. The highest BCUT2D eigenvalue weighted by Gasteiger charge is 2.31. The molecule has 0 atom stereocenters. The number of rotatable bonds is 10. The van der Waals surface area contributed by atoms with Crippen LogP contribution in [0.2, 0.25) is 0 Å². The molecule has 1 amide bonds. The number of carbonyl (C=O) groups excluding carboxylic acids is 1. The first kappa shape index (κ1) is 46.9. The van der Waals surface area contributed by atoms with Gasteiger partial charge in [0.2, 0.25) is 0 Å². The van der Waals surface area contributed by atoms with Crippen LogP contribution in [0.5, 0.6) is 11.5 Å². The van der Waals surface area contributed by atoms with Crippen LogP contribution < -0.4 is 29.5 Å². The van der Waals surface area contributed by atoms with E-state index in [9.17, 15) is 4.79 Å². The molecule has 1 N–H and O–H groups in total. The Hall–Kier alpha value is -4.56. The maximum Gasteiger partial charge on any atom is 0.414 e. The van der Waals surface area contributed by atoms with Gasteiger partial charge >= 0.3 is 6.09 Å². The minimum absolute atomic E-state index is 0. The van der Waals surface area contributed by atoms with Crippen molar-refractivity contribution in [3.63, 3.8) is 0 Å². The summed E-state index contributed by atoms with van der Waals surface area (Å²) in [6.07, 6.45) is 15.1. The van der Waals surface area contributed by atoms with Crippen molar-refractivity contribution in [2.24, 2.45) is 0 Å². The second-order valence-corrected chi connectivity index (χ2v) is 19.3. The molecule has 2 fully saturated rings. The molecule has 0 saturated heterocycles. The number of fused-ring (bicyclic) bond motifs is 2. The fourth-order valence-corrected chi connectivity index (χ4v) is 9.97. The smallest absolute Gasteiger partial charge is 0.414 e. The van der Waals surface area contributed by atoms with Crippen LogP contribution in [0.1, 0.15) is 141 Å². The molecule has 2 aliphatic carbocycles. The molecule has 2 heterocycles. The maximum absolute atomic E-state index is 12.6. The zero-order chi connectivity index (χ0) is 43.3. The number of halogens is 1. The molecular weight excluding hydrogens is 792 g/mol. The topological polar surface area (TPSA) is 66.5 Å². The molecule has 0 unspecified atom stereocenters. The number of amides is 1. The summed E-state index contributed by atoms with van der Waals surface area (Å²) in [7, 11) is 8.58. The summed E-state index contributed by atoms with van der Waals surface area (Å²) in [4.78, 5) is 18.9. The molecule has 336 valence electrons. The Kier molecular flexibility index (Phi) is 15.7. The number of benzene rings is 4. The lowest BCUT2D eigenvalue weighted by atomic mass is 9.83. The predicted octanol–water partition coefficient (Wildman–Crippen LogP) is 13.1. The van der Waals surface area contributed by atoms with Crippen molar-refractivity contribution in [3.8, 4) is 11.5 Å². The number of hydrogen-bond acceptors (Lipinski definition) is 7. The molecule has 4 aromatic rings. The van der Waals surface area contributed by atoms with Crippen LogP contribution in [0.3, 0.4) is 0 Å². The highest BCUT2D eigenvalue weighted by Crippen LogP contribution is 2.41. The highest BCUT2D eigenvalue weighted by atomic mass is 35.5. The molecule has 0 spiro atoms. The Morgan fingerprint density at radius 2 is 1.18 bits per heavy atom. The number of nitrogens with one attached hydrogen (secondary N) is 1. The van der Waals surface area contributed by atoms with E-state index < -0.39 is 5.60 Å². The fourth-order valence-electron chi connectivity index (χ4n) is 9.97. The van der Waals surface area contributed by atoms with Gasteiger partial charge in [0.25, 0.3) is 0 Å². The molecule has 4 aliphatic rings. The lowest BCUT2D eigenvalue weighted by Gasteiger charge is -2.27. The molecule has 4 aromatic carbocycles. The largest absolute Gasteiger partial charge is 0.489 e. The molecule has 0 aromatic heterocycles. The average molecular weight is 866 g/mol. The monoisotopic (exact) mass is 865 g/mol. The summed E-state index contributed by atoms with van der Waals surface area (Å²) in [6.45, 7) is 12.8. The normalized spacial score (nSPS) is 16.2. The minimum atomic E-state index is -0.504. The number of nitrogens with zero attached hydrogens (tertiary/aromatic N) is 3. The summed E-state index contributed by atoms with van der Waals surface area (Å²) >= 11 is 0. The van der Waals surface area contributed by atoms with E-state index in [1.54, 1.807) is 4.90 Å². The van der Waals surface area contributed by atoms with Crippen molar-refractivity contribution >= 4 is 41.2 Å². The van der Waals surface area contributed by atoms with E-state index in [1.807, 2.05) is 32.9 Å². The van der Waals surface area contributed by atoms with Crippen molar-refractivity contribution < 1.29 is 19.0 Å². The number of hydrogen-bond donors (Lipinski definition) is 1. The van der Waals surface area contributed by atoms with Gasteiger partial charge in [0, 0.05) is 58.3 Å². The van der Waals surface area contributed by atoms with E-state index >= 15 is 0 Å². The van der Waals surface area contributed by atoms with Gasteiger partial charge in [-0.3, -0.25) is 4.90 Å². The van der Waals surface area contributed by atoms with Gasteiger partial charge < -0.3 is 29.3 Å². The van der Waals surface area contributed by atoms with Crippen molar-refractivity contribution in [1.29, 1.82) is 0 Å². The summed E-state index contributed by atoms with van der Waals surface area (Å²) < 4.78 is 18.1. The van der Waals surface area contributed by atoms with Gasteiger partial charge in [-0.2, -0.15) is 0 Å². The molecular formula is C53H73ClN4O4. The SMILES string of the molecule is Cc1c(OCc2ccc(C3CCCCC3)c(N(C)C)c2)ccc2c1CCN2.Cc1c(OCc2ccc(C3CCCCC3)c(N(C)C)c2)ccc2c1CCN2C(=O)OC(C)(C)C.Cl. The van der Waals surface area contributed by atoms with Crippen LogP contribution in [0.15, 0.2) is 60.7 Å². The van der Waals surface area contributed by atoms with Crippen LogP contribution >= 0.6 is 12.4 Å². The molecule has 8 rings (SSSR count). The van der Waals surface area contributed by atoms with E-state index in [0.29, 0.717) is 25.7 Å². The first-order valence-corrected chi connectivity index (χ1v) is 23.1. The van der Waals surface area contributed by atoms with Gasteiger partial charge in [0.05, 0.1) is 5.69 Å². The Morgan fingerprint density at radius 1 is 0.677 bits per heavy atom. The van der Waals surface area contributed by atoms with E-state index in [2.05, 4.69) is 106 Å². The van der Waals surface area contributed by atoms with E-state index in [0.717, 1.165) is 48.1 Å². The van der Waals surface area contributed by atoms with Gasteiger partial charge in [-0.1, -0.05) is 62.8 Å². The summed E-state index contributed by atoms with van der Waals surface area (Å²) in [5, 5.41) is 3.44. The molecule has 2 saturated carbocycles. The zero-order valence-electron chi connectivity index (χ0n) is 39.1. The van der Waals surface area contributed by atoms with Crippen molar-refractivity contribution in [2.75, 3.05) is 61.3 Å². The van der Waals surface area contributed by atoms with Gasteiger partial charge in [-0.05, 0) is 166 Å². The molecule has 8 nitrogen and oxygen atoms in total. The lowest BCUT2D eigenvalue weighted by molar-refractivity contribution is 0.0584. The predicted molar refractivity (Wildman–Crippen MR) is 261 cm³/mol. The summed E-state index contributed by atoms with van der Waals surface area (Å²) in [5.41, 5.74) is 14.8. The Labute approximate surface area is 379 Å². The van der Waals surface area contributed by atoms with Crippen molar-refractivity contribution in [3.05, 3.63) is 105 Å². The van der Waals surface area contributed by atoms with Crippen LogP contribution in [-0.2, 0) is 30.8 Å². The zero-order valence-corrected chi connectivity index (χ0v) is 39.9. The van der Waals surface area contributed by atoms with E-state index in [1.165, 1.54) is 120 Å². The van der Waals surface area contributed by atoms with Crippen LogP contribution in [0.25, 0.3) is 0 Å². The summed E-state index contributed by atoms with van der Waals surface area (Å²) in [5.74, 6) is 3.29. The number of carbonyl (C=O) groups is 1. The van der Waals surface area contributed by atoms with Crippen molar-refractivity contribution in [2.45, 2.75) is 142 Å². The Bertz CT molecular complexity index is 2150. The molecule has 0 bridgehead atoms. The summed E-state index contributed by atoms with van der Waals surface area (Å²) in [6, 6.07) is 22.0. The van der Waals surface area contributed by atoms with Gasteiger partial charge in [-0.25, -0.2) is 4.79 Å². The number of anilines is 4. The van der Waals surface area contributed by atoms with E-state index in [-0.39, 0.29) is 18.5 Å².